The van der Waals surface area contributed by atoms with E-state index in [4.69, 9.17) is 4.74 Å². The molecule has 0 aromatic heterocycles. The number of benzene rings is 1. The molecule has 2 rings (SSSR count). The summed E-state index contributed by atoms with van der Waals surface area (Å²) in [6.45, 7) is 0. The van der Waals surface area contributed by atoms with Gasteiger partial charge in [-0.15, -0.1) is 0 Å². The zero-order valence-corrected chi connectivity index (χ0v) is 7.67. The lowest BCUT2D eigenvalue weighted by Gasteiger charge is -2.18. The van der Waals surface area contributed by atoms with E-state index in [0.717, 1.165) is 0 Å². The first-order valence-corrected chi connectivity index (χ1v) is 4.75. The van der Waals surface area contributed by atoms with Crippen LogP contribution in [0.15, 0.2) is 40.6 Å². The number of methoxy groups -OCH3 is 1. The van der Waals surface area contributed by atoms with Crippen LogP contribution in [-0.2, 0) is 4.74 Å². The fourth-order valence-corrected chi connectivity index (χ4v) is 2.16. The summed E-state index contributed by atoms with van der Waals surface area (Å²) >= 11 is 1.75. The van der Waals surface area contributed by atoms with Crippen LogP contribution in [0.1, 0.15) is 11.7 Å². The van der Waals surface area contributed by atoms with Gasteiger partial charge in [0.25, 0.3) is 0 Å². The summed E-state index contributed by atoms with van der Waals surface area (Å²) in [5.41, 5.74) is 1.27. The first-order valence-electron chi connectivity index (χ1n) is 3.87. The summed E-state index contributed by atoms with van der Waals surface area (Å²) in [5.74, 6) is 0. The first-order chi connectivity index (χ1) is 5.92. The third-order valence-corrected chi connectivity index (χ3v) is 2.85. The lowest BCUT2D eigenvalue weighted by Crippen LogP contribution is -2.01. The molecule has 0 fully saturated rings. The lowest BCUT2D eigenvalue weighted by atomic mass is 10.1. The topological polar surface area (TPSA) is 9.23 Å². The Labute approximate surface area is 76.4 Å². The number of hydrogen-bond donors (Lipinski definition) is 0. The first kappa shape index (κ1) is 7.90. The Bertz CT molecular complexity index is 306. The highest BCUT2D eigenvalue weighted by Gasteiger charge is 2.14. The molecule has 0 saturated heterocycles. The monoisotopic (exact) mass is 178 g/mol. The van der Waals surface area contributed by atoms with Gasteiger partial charge < -0.3 is 4.74 Å². The molecule has 1 aromatic carbocycles. The Kier molecular flexibility index (Phi) is 2.19. The molecule has 0 aliphatic carbocycles. The van der Waals surface area contributed by atoms with Crippen LogP contribution in [0.5, 0.6) is 0 Å². The van der Waals surface area contributed by atoms with E-state index in [-0.39, 0.29) is 6.10 Å². The molecule has 0 saturated carbocycles. The molecule has 1 atom stereocenters. The Hall–Kier alpha value is -0.730. The van der Waals surface area contributed by atoms with E-state index < -0.39 is 0 Å². The van der Waals surface area contributed by atoms with Gasteiger partial charge in [-0.1, -0.05) is 30.0 Å². The fraction of sp³-hybridized carbons (Fsp3) is 0.200. The van der Waals surface area contributed by atoms with Gasteiger partial charge in [-0.2, -0.15) is 0 Å². The number of rotatable bonds is 1. The minimum Gasteiger partial charge on any atom is -0.373 e. The van der Waals surface area contributed by atoms with Gasteiger partial charge in [0.2, 0.25) is 0 Å². The smallest absolute Gasteiger partial charge is 0.102 e. The SMILES string of the molecule is COC1C=CSc2ccccc21. The van der Waals surface area contributed by atoms with Crippen molar-refractivity contribution in [3.63, 3.8) is 0 Å². The molecule has 0 N–H and O–H groups in total. The Balaban J connectivity index is 2.43. The molecule has 1 aliphatic heterocycles. The Morgan fingerprint density at radius 3 is 3.00 bits per heavy atom. The average Bonchev–Trinajstić information content (AvgIpc) is 2.17. The lowest BCUT2D eigenvalue weighted by molar-refractivity contribution is 0.140. The van der Waals surface area contributed by atoms with E-state index in [9.17, 15) is 0 Å². The summed E-state index contributed by atoms with van der Waals surface area (Å²) in [5, 5.41) is 2.08. The zero-order valence-electron chi connectivity index (χ0n) is 6.86. The molecule has 1 nitrogen and oxygen atoms in total. The second kappa shape index (κ2) is 3.33. The van der Waals surface area contributed by atoms with E-state index in [1.807, 2.05) is 6.07 Å². The highest BCUT2D eigenvalue weighted by molar-refractivity contribution is 8.02. The van der Waals surface area contributed by atoms with Crippen molar-refractivity contribution in [2.24, 2.45) is 0 Å². The van der Waals surface area contributed by atoms with E-state index in [2.05, 4.69) is 29.7 Å². The van der Waals surface area contributed by atoms with Gasteiger partial charge in [0.05, 0.1) is 0 Å². The van der Waals surface area contributed by atoms with Gasteiger partial charge >= 0.3 is 0 Å². The van der Waals surface area contributed by atoms with Crippen molar-refractivity contribution >= 4 is 11.8 Å². The van der Waals surface area contributed by atoms with Crippen LogP contribution in [0.3, 0.4) is 0 Å². The van der Waals surface area contributed by atoms with Crippen molar-refractivity contribution < 1.29 is 4.74 Å². The van der Waals surface area contributed by atoms with Gasteiger partial charge in [-0.05, 0) is 23.1 Å². The molecule has 62 valence electrons. The van der Waals surface area contributed by atoms with Crippen LogP contribution < -0.4 is 0 Å². The second-order valence-electron chi connectivity index (χ2n) is 2.64. The van der Waals surface area contributed by atoms with Gasteiger partial charge in [-0.3, -0.25) is 0 Å². The predicted octanol–water partition coefficient (Wildman–Crippen LogP) is 2.99. The molecule has 1 heterocycles. The van der Waals surface area contributed by atoms with Gasteiger partial charge in [0.15, 0.2) is 0 Å². The summed E-state index contributed by atoms with van der Waals surface area (Å²) < 4.78 is 5.32. The molecule has 0 radical (unpaired) electrons. The van der Waals surface area contributed by atoms with Crippen LogP contribution in [0, 0.1) is 0 Å². The van der Waals surface area contributed by atoms with Gasteiger partial charge in [0.1, 0.15) is 6.10 Å². The fourth-order valence-electron chi connectivity index (χ4n) is 1.32. The predicted molar refractivity (Wildman–Crippen MR) is 51.2 cm³/mol. The Morgan fingerprint density at radius 1 is 1.33 bits per heavy atom. The second-order valence-corrected chi connectivity index (χ2v) is 3.59. The van der Waals surface area contributed by atoms with Crippen LogP contribution in [0.4, 0.5) is 0 Å². The summed E-state index contributed by atoms with van der Waals surface area (Å²) in [6, 6.07) is 8.33. The average molecular weight is 178 g/mol. The summed E-state index contributed by atoms with van der Waals surface area (Å²) in [4.78, 5) is 1.30. The molecular formula is C10H10OS. The van der Waals surface area contributed by atoms with Crippen molar-refractivity contribution in [3.8, 4) is 0 Å². The van der Waals surface area contributed by atoms with Crippen molar-refractivity contribution in [2.45, 2.75) is 11.0 Å². The summed E-state index contributed by atoms with van der Waals surface area (Å²) in [7, 11) is 1.74. The third-order valence-electron chi connectivity index (χ3n) is 1.93. The number of thioether (sulfide) groups is 1. The highest BCUT2D eigenvalue weighted by atomic mass is 32.2. The Morgan fingerprint density at radius 2 is 2.17 bits per heavy atom. The number of fused-ring (bicyclic) bond motifs is 1. The highest BCUT2D eigenvalue weighted by Crippen LogP contribution is 2.35. The zero-order chi connectivity index (χ0) is 8.39. The van der Waals surface area contributed by atoms with Crippen LogP contribution in [0.25, 0.3) is 0 Å². The molecule has 1 unspecified atom stereocenters. The number of hydrogen-bond acceptors (Lipinski definition) is 2. The van der Waals surface area contributed by atoms with E-state index in [0.29, 0.717) is 0 Å². The third kappa shape index (κ3) is 1.28. The van der Waals surface area contributed by atoms with E-state index in [1.165, 1.54) is 10.5 Å². The van der Waals surface area contributed by atoms with E-state index >= 15 is 0 Å². The molecule has 0 bridgehead atoms. The summed E-state index contributed by atoms with van der Waals surface area (Å²) in [6.07, 6.45) is 2.22. The number of ether oxygens (including phenoxy) is 1. The maximum atomic E-state index is 5.32. The minimum absolute atomic E-state index is 0.141. The largest absolute Gasteiger partial charge is 0.373 e. The molecule has 1 aromatic rings. The molecule has 1 aliphatic rings. The standard InChI is InChI=1S/C10H10OS/c1-11-9-6-7-12-10-5-3-2-4-8(9)10/h2-7,9H,1H3. The van der Waals surface area contributed by atoms with Crippen LogP contribution in [0.2, 0.25) is 0 Å². The van der Waals surface area contributed by atoms with Crippen LogP contribution in [-0.4, -0.2) is 7.11 Å². The molecule has 0 spiro atoms. The maximum Gasteiger partial charge on any atom is 0.102 e. The van der Waals surface area contributed by atoms with Crippen molar-refractivity contribution in [3.05, 3.63) is 41.3 Å². The minimum atomic E-state index is 0.141. The van der Waals surface area contributed by atoms with Crippen molar-refractivity contribution in [1.82, 2.24) is 0 Å². The van der Waals surface area contributed by atoms with E-state index in [1.54, 1.807) is 18.9 Å². The maximum absolute atomic E-state index is 5.32. The van der Waals surface area contributed by atoms with Crippen LogP contribution >= 0.6 is 11.8 Å². The van der Waals surface area contributed by atoms with Crippen molar-refractivity contribution in [1.29, 1.82) is 0 Å². The quantitative estimate of drug-likeness (QED) is 0.653. The van der Waals surface area contributed by atoms with Crippen molar-refractivity contribution in [2.75, 3.05) is 7.11 Å². The molecule has 12 heavy (non-hydrogen) atoms. The molecular weight excluding hydrogens is 168 g/mol. The normalized spacial score (nSPS) is 20.6. The van der Waals surface area contributed by atoms with Gasteiger partial charge in [-0.25, -0.2) is 0 Å². The molecule has 2 heteroatoms. The molecule has 0 amide bonds. The van der Waals surface area contributed by atoms with Gasteiger partial charge in [0, 0.05) is 12.0 Å².